The number of aromatic nitrogens is 5. The number of alkyl halides is 5. The molecule has 1 atom stereocenters. The second-order valence-electron chi connectivity index (χ2n) is 11.2. The molecule has 0 amide bonds. The number of nitrogens with zero attached hydrogens (tertiary/aromatic N) is 6. The zero-order chi connectivity index (χ0) is 32.2. The summed E-state index contributed by atoms with van der Waals surface area (Å²) in [4.78, 5) is 8.14. The van der Waals surface area contributed by atoms with Crippen LogP contribution in [0, 0.1) is 33.3 Å². The smallest absolute Gasteiger partial charge is 0.382 e. The Balaban J connectivity index is 1.62. The molecule has 1 saturated carbocycles. The Kier molecular flexibility index (Phi) is 8.38. The van der Waals surface area contributed by atoms with E-state index in [1.54, 1.807) is 13.0 Å². The average molecular weight is 749 g/mol. The van der Waals surface area contributed by atoms with Crippen LogP contribution in [0.1, 0.15) is 55.2 Å². The summed E-state index contributed by atoms with van der Waals surface area (Å²) in [6, 6.07) is 6.76. The molecular formula is C28H24ClF6IN8. The van der Waals surface area contributed by atoms with Gasteiger partial charge in [0.15, 0.2) is 0 Å². The van der Waals surface area contributed by atoms with Crippen molar-refractivity contribution < 1.29 is 26.3 Å². The summed E-state index contributed by atoms with van der Waals surface area (Å²) in [7, 11) is 0. The molecule has 8 nitrogen and oxygen atoms in total. The summed E-state index contributed by atoms with van der Waals surface area (Å²) in [5.41, 5.74) is -1.92. The molecule has 232 valence electrons. The number of halogens is 8. The van der Waals surface area contributed by atoms with Gasteiger partial charge < -0.3 is 10.6 Å². The third kappa shape index (κ3) is 5.73. The van der Waals surface area contributed by atoms with Gasteiger partial charge in [0.05, 0.1) is 27.2 Å². The van der Waals surface area contributed by atoms with Crippen LogP contribution in [0.15, 0.2) is 30.5 Å². The SMILES string of the molecule is Cc1nc(F)ccc1C(Nc1cc(Cl)c2ncc(C#N)c(NCC(C)(C)C(F)(F)F)c2c1)c1nnn(C2(C(F)F)CC2)c1I. The van der Waals surface area contributed by atoms with Gasteiger partial charge in [-0.25, -0.2) is 18.4 Å². The predicted molar refractivity (Wildman–Crippen MR) is 160 cm³/mol. The zero-order valence-corrected chi connectivity index (χ0v) is 26.3. The first kappa shape index (κ1) is 32.0. The maximum absolute atomic E-state index is 14.0. The summed E-state index contributed by atoms with van der Waals surface area (Å²) < 4.78 is 84.2. The molecule has 44 heavy (non-hydrogen) atoms. The molecule has 16 heteroatoms. The Labute approximate surface area is 266 Å². The molecular weight excluding hydrogens is 725 g/mol. The van der Waals surface area contributed by atoms with E-state index >= 15 is 0 Å². The Hall–Kier alpha value is -3.39. The lowest BCUT2D eigenvalue weighted by atomic mass is 9.92. The summed E-state index contributed by atoms with van der Waals surface area (Å²) in [5.74, 6) is -0.723. The van der Waals surface area contributed by atoms with Crippen LogP contribution in [0.3, 0.4) is 0 Å². The molecule has 0 spiro atoms. The summed E-state index contributed by atoms with van der Waals surface area (Å²) in [6.45, 7) is 3.10. The van der Waals surface area contributed by atoms with Crippen molar-refractivity contribution in [1.82, 2.24) is 25.0 Å². The van der Waals surface area contributed by atoms with E-state index in [2.05, 4.69) is 30.9 Å². The summed E-state index contributed by atoms with van der Waals surface area (Å²) in [5, 5.41) is 24.4. The van der Waals surface area contributed by atoms with Crippen LogP contribution in [0.5, 0.6) is 0 Å². The standard InChI is InChI=1S/C28H24ClF6IN8/c1-13-16(4-5-19(30)40-13)22(23-24(36)44(43-42-23)27(6-7-27)25(31)32)41-15-8-17-20(39-12-26(2,3)28(33,34)35)14(10-37)11-38-21(17)18(29)9-15/h4-5,8-9,11,22,25,41H,6-7,12H2,1-3H3,(H,38,39). The number of hydrogen-bond acceptors (Lipinski definition) is 7. The van der Waals surface area contributed by atoms with Gasteiger partial charge in [0.1, 0.15) is 27.0 Å². The van der Waals surface area contributed by atoms with Crippen LogP contribution >= 0.6 is 34.2 Å². The highest BCUT2D eigenvalue weighted by Gasteiger charge is 2.55. The van der Waals surface area contributed by atoms with Crippen molar-refractivity contribution >= 4 is 56.5 Å². The third-order valence-electron chi connectivity index (χ3n) is 7.74. The van der Waals surface area contributed by atoms with Crippen LogP contribution in [-0.2, 0) is 5.54 Å². The van der Waals surface area contributed by atoms with Crippen LogP contribution in [0.25, 0.3) is 10.9 Å². The van der Waals surface area contributed by atoms with E-state index in [0.29, 0.717) is 20.6 Å². The largest absolute Gasteiger partial charge is 0.395 e. The predicted octanol–water partition coefficient (Wildman–Crippen LogP) is 7.75. The fraction of sp³-hybridized carbons (Fsp3) is 0.393. The van der Waals surface area contributed by atoms with Crippen molar-refractivity contribution in [2.75, 3.05) is 17.2 Å². The summed E-state index contributed by atoms with van der Waals surface area (Å²) >= 11 is 8.48. The first-order valence-corrected chi connectivity index (χ1v) is 14.7. The number of pyridine rings is 2. The van der Waals surface area contributed by atoms with E-state index in [0.717, 1.165) is 19.9 Å². The molecule has 4 aromatic rings. The average Bonchev–Trinajstić information content (AvgIpc) is 3.66. The number of nitrogens with one attached hydrogen (secondary N) is 2. The Bertz CT molecular complexity index is 1780. The molecule has 0 saturated heterocycles. The fourth-order valence-corrected chi connectivity index (χ4v) is 5.99. The molecule has 0 bridgehead atoms. The molecule has 0 radical (unpaired) electrons. The minimum atomic E-state index is -4.52. The van der Waals surface area contributed by atoms with Gasteiger partial charge >= 0.3 is 6.18 Å². The van der Waals surface area contributed by atoms with E-state index in [9.17, 15) is 31.6 Å². The fourth-order valence-electron chi connectivity index (χ4n) is 4.73. The molecule has 1 aliphatic carbocycles. The Morgan fingerprint density at radius 2 is 1.91 bits per heavy atom. The van der Waals surface area contributed by atoms with Gasteiger partial charge in [0, 0.05) is 35.1 Å². The first-order chi connectivity index (χ1) is 20.6. The number of fused-ring (bicyclic) bond motifs is 1. The summed E-state index contributed by atoms with van der Waals surface area (Å²) in [6.07, 6.45) is -5.51. The minimum Gasteiger partial charge on any atom is -0.382 e. The molecule has 1 unspecified atom stereocenters. The van der Waals surface area contributed by atoms with Gasteiger partial charge in [0.25, 0.3) is 6.43 Å². The van der Waals surface area contributed by atoms with Crippen LogP contribution in [-0.4, -0.2) is 44.1 Å². The number of rotatable bonds is 9. The minimum absolute atomic E-state index is 0.00181. The van der Waals surface area contributed by atoms with Gasteiger partial charge in [-0.2, -0.15) is 22.8 Å². The quantitative estimate of drug-likeness (QED) is 0.103. The maximum atomic E-state index is 14.0. The molecule has 5 rings (SSSR count). The van der Waals surface area contributed by atoms with Crippen LogP contribution < -0.4 is 10.6 Å². The highest BCUT2D eigenvalue weighted by molar-refractivity contribution is 14.1. The van der Waals surface area contributed by atoms with Gasteiger partial charge in [-0.3, -0.25) is 4.98 Å². The van der Waals surface area contributed by atoms with E-state index in [4.69, 9.17) is 11.6 Å². The van der Waals surface area contributed by atoms with Gasteiger partial charge in [0.2, 0.25) is 5.95 Å². The van der Waals surface area contributed by atoms with Crippen molar-refractivity contribution in [2.24, 2.45) is 5.41 Å². The van der Waals surface area contributed by atoms with Gasteiger partial charge in [-0.15, -0.1) is 5.10 Å². The van der Waals surface area contributed by atoms with Crippen molar-refractivity contribution in [2.45, 2.75) is 57.8 Å². The second kappa shape index (κ2) is 11.5. The highest BCUT2D eigenvalue weighted by atomic mass is 127. The Morgan fingerprint density at radius 3 is 2.50 bits per heavy atom. The lowest BCUT2D eigenvalue weighted by Gasteiger charge is -2.28. The second-order valence-corrected chi connectivity index (χ2v) is 12.6. The van der Waals surface area contributed by atoms with E-state index < -0.39 is 42.1 Å². The molecule has 1 aromatic carbocycles. The normalized spacial score (nSPS) is 15.3. The molecule has 3 aromatic heterocycles. The Morgan fingerprint density at radius 1 is 1.20 bits per heavy atom. The first-order valence-electron chi connectivity index (χ1n) is 13.2. The number of nitriles is 1. The number of anilines is 2. The van der Waals surface area contributed by atoms with Crippen molar-refractivity contribution in [1.29, 1.82) is 5.26 Å². The number of aryl methyl sites for hydroxylation is 1. The topological polar surface area (TPSA) is 104 Å². The third-order valence-corrected chi connectivity index (χ3v) is 9.04. The zero-order valence-electron chi connectivity index (χ0n) is 23.4. The molecule has 1 fully saturated rings. The molecule has 2 N–H and O–H groups in total. The monoisotopic (exact) mass is 748 g/mol. The highest BCUT2D eigenvalue weighted by Crippen LogP contribution is 2.49. The van der Waals surface area contributed by atoms with Crippen LogP contribution in [0.2, 0.25) is 5.02 Å². The van der Waals surface area contributed by atoms with Gasteiger partial charge in [-0.1, -0.05) is 22.9 Å². The van der Waals surface area contributed by atoms with Gasteiger partial charge in [-0.05, 0) is 74.4 Å². The van der Waals surface area contributed by atoms with Crippen LogP contribution in [0.4, 0.5) is 37.7 Å². The molecule has 3 heterocycles. The lowest BCUT2D eigenvalue weighted by molar-refractivity contribution is -0.206. The lowest BCUT2D eigenvalue weighted by Crippen LogP contribution is -2.38. The maximum Gasteiger partial charge on any atom is 0.395 e. The van der Waals surface area contributed by atoms with Crippen molar-refractivity contribution in [3.8, 4) is 6.07 Å². The van der Waals surface area contributed by atoms with E-state index in [1.165, 1.54) is 23.0 Å². The molecule has 1 aliphatic rings. The molecule has 0 aliphatic heterocycles. The number of benzene rings is 1. The van der Waals surface area contributed by atoms with Crippen molar-refractivity contribution in [3.05, 3.63) is 67.6 Å². The number of hydrogen-bond donors (Lipinski definition) is 2. The van der Waals surface area contributed by atoms with Crippen molar-refractivity contribution in [3.63, 3.8) is 0 Å². The van der Waals surface area contributed by atoms with E-state index in [1.807, 2.05) is 28.7 Å². The van der Waals surface area contributed by atoms with E-state index in [-0.39, 0.29) is 45.7 Å².